The van der Waals surface area contributed by atoms with E-state index in [2.05, 4.69) is 38.2 Å². The number of halogens is 3. The standard InChI is InChI=1S/C24H23F3N6S/c1-14-19-7-15(10-28)6-16(19)11-29-21(14)12-33-4-2-17(3-5-33)32-22-20-8-18(9-24(25,26)27)34-23(20)31-13-30-22/h7-8,11,13,17H,2-6,9,12H2,1H3,(H,30,31,32). The lowest BCUT2D eigenvalue weighted by Gasteiger charge is -2.32. The van der Waals surface area contributed by atoms with Crippen molar-refractivity contribution in [3.05, 3.63) is 51.4 Å². The number of thiophene rings is 1. The Labute approximate surface area is 199 Å². The van der Waals surface area contributed by atoms with Crippen LogP contribution in [0.1, 0.15) is 40.1 Å². The van der Waals surface area contributed by atoms with E-state index in [0.717, 1.165) is 71.8 Å². The van der Waals surface area contributed by atoms with Crippen molar-refractivity contribution in [2.75, 3.05) is 18.4 Å². The van der Waals surface area contributed by atoms with Gasteiger partial charge in [-0.3, -0.25) is 9.88 Å². The number of alkyl halides is 3. The maximum absolute atomic E-state index is 12.8. The molecule has 2 aliphatic rings. The first-order chi connectivity index (χ1) is 16.3. The summed E-state index contributed by atoms with van der Waals surface area (Å²) in [6.07, 6.45) is 2.53. The highest BCUT2D eigenvalue weighted by molar-refractivity contribution is 7.18. The summed E-state index contributed by atoms with van der Waals surface area (Å²) >= 11 is 1.07. The second-order valence-corrected chi connectivity index (χ2v) is 9.98. The van der Waals surface area contributed by atoms with Crippen LogP contribution in [0.25, 0.3) is 16.3 Å². The fraction of sp³-hybridized carbons (Fsp3) is 0.417. The maximum Gasteiger partial charge on any atom is 0.393 e. The molecule has 0 atom stereocenters. The normalized spacial score (nSPS) is 17.0. The number of hydrogen-bond acceptors (Lipinski definition) is 7. The average Bonchev–Trinajstić information content (AvgIpc) is 3.40. The van der Waals surface area contributed by atoms with E-state index in [1.54, 1.807) is 6.07 Å². The zero-order valence-corrected chi connectivity index (χ0v) is 19.4. The van der Waals surface area contributed by atoms with Crippen LogP contribution in [-0.2, 0) is 19.4 Å². The number of aromatic nitrogens is 3. The molecule has 1 saturated heterocycles. The lowest BCUT2D eigenvalue weighted by Crippen LogP contribution is -2.39. The van der Waals surface area contributed by atoms with Gasteiger partial charge in [0.1, 0.15) is 17.0 Å². The molecule has 6 nitrogen and oxygen atoms in total. The Bertz CT molecular complexity index is 1300. The molecule has 1 aliphatic carbocycles. The van der Waals surface area contributed by atoms with E-state index in [1.807, 2.05) is 12.3 Å². The predicted molar refractivity (Wildman–Crippen MR) is 125 cm³/mol. The third kappa shape index (κ3) is 4.76. The number of nitrogens with one attached hydrogen (secondary N) is 1. The highest BCUT2D eigenvalue weighted by Gasteiger charge is 2.29. The van der Waals surface area contributed by atoms with Gasteiger partial charge in [0, 0.05) is 48.7 Å². The molecule has 1 aliphatic heterocycles. The van der Waals surface area contributed by atoms with Crippen LogP contribution in [0.2, 0.25) is 0 Å². The van der Waals surface area contributed by atoms with Crippen LogP contribution in [0, 0.1) is 18.3 Å². The molecular formula is C24H23F3N6S. The fourth-order valence-corrected chi connectivity index (χ4v) is 5.69. The minimum atomic E-state index is -4.24. The van der Waals surface area contributed by atoms with Gasteiger partial charge in [-0.1, -0.05) is 0 Å². The van der Waals surface area contributed by atoms with Crippen LogP contribution in [-0.4, -0.2) is 45.2 Å². The number of hydrogen-bond donors (Lipinski definition) is 1. The van der Waals surface area contributed by atoms with Gasteiger partial charge in [-0.15, -0.1) is 11.3 Å². The number of likely N-dealkylation sites (tertiary alicyclic amines) is 1. The highest BCUT2D eigenvalue weighted by atomic mass is 32.1. The minimum absolute atomic E-state index is 0.190. The maximum atomic E-state index is 12.8. The second-order valence-electron chi connectivity index (χ2n) is 8.87. The summed E-state index contributed by atoms with van der Waals surface area (Å²) in [7, 11) is 0. The van der Waals surface area contributed by atoms with Gasteiger partial charge in [-0.05, 0) is 48.6 Å². The number of nitrogens with zero attached hydrogens (tertiary/aromatic N) is 5. The highest BCUT2D eigenvalue weighted by Crippen LogP contribution is 2.33. The van der Waals surface area contributed by atoms with E-state index in [4.69, 9.17) is 0 Å². The van der Waals surface area contributed by atoms with E-state index < -0.39 is 12.6 Å². The van der Waals surface area contributed by atoms with Gasteiger partial charge in [0.2, 0.25) is 0 Å². The Morgan fingerprint density at radius 3 is 2.76 bits per heavy atom. The van der Waals surface area contributed by atoms with Crippen molar-refractivity contribution in [1.29, 1.82) is 5.26 Å². The van der Waals surface area contributed by atoms with Crippen molar-refractivity contribution >= 4 is 33.4 Å². The Balaban J connectivity index is 1.22. The molecule has 176 valence electrons. The Morgan fingerprint density at radius 1 is 1.24 bits per heavy atom. The molecule has 0 bridgehead atoms. The first-order valence-corrected chi connectivity index (χ1v) is 12.0. The van der Waals surface area contributed by atoms with Crippen LogP contribution in [0.3, 0.4) is 0 Å². The molecule has 0 spiro atoms. The summed E-state index contributed by atoms with van der Waals surface area (Å²) < 4.78 is 38.4. The molecule has 3 aromatic rings. The third-order valence-electron chi connectivity index (χ3n) is 6.46. The van der Waals surface area contributed by atoms with E-state index >= 15 is 0 Å². The van der Waals surface area contributed by atoms with E-state index in [-0.39, 0.29) is 10.9 Å². The number of nitriles is 1. The molecule has 3 aromatic heterocycles. The molecule has 34 heavy (non-hydrogen) atoms. The smallest absolute Gasteiger partial charge is 0.367 e. The monoisotopic (exact) mass is 484 g/mol. The quantitative estimate of drug-likeness (QED) is 0.547. The molecule has 0 saturated carbocycles. The summed E-state index contributed by atoms with van der Waals surface area (Å²) in [6, 6.07) is 3.99. The van der Waals surface area contributed by atoms with Crippen molar-refractivity contribution in [2.24, 2.45) is 0 Å². The van der Waals surface area contributed by atoms with E-state index in [1.165, 1.54) is 6.33 Å². The van der Waals surface area contributed by atoms with Crippen molar-refractivity contribution in [2.45, 2.75) is 51.4 Å². The first-order valence-electron chi connectivity index (χ1n) is 11.2. The summed E-state index contributed by atoms with van der Waals surface area (Å²) in [5, 5.41) is 13.3. The number of anilines is 1. The number of fused-ring (bicyclic) bond motifs is 2. The number of allylic oxidation sites excluding steroid dienone is 1. The molecule has 0 radical (unpaired) electrons. The summed E-state index contributed by atoms with van der Waals surface area (Å²) in [4.78, 5) is 16.3. The van der Waals surface area contributed by atoms with Crippen molar-refractivity contribution in [3.63, 3.8) is 0 Å². The van der Waals surface area contributed by atoms with Crippen LogP contribution >= 0.6 is 11.3 Å². The molecule has 4 heterocycles. The Kier molecular flexibility index (Phi) is 6.00. The molecule has 1 fully saturated rings. The average molecular weight is 485 g/mol. The van der Waals surface area contributed by atoms with Gasteiger partial charge in [0.05, 0.1) is 23.6 Å². The zero-order chi connectivity index (χ0) is 23.9. The summed E-state index contributed by atoms with van der Waals surface area (Å²) in [5.41, 5.74) is 5.20. The topological polar surface area (TPSA) is 77.7 Å². The van der Waals surface area contributed by atoms with Crippen molar-refractivity contribution in [3.8, 4) is 6.07 Å². The molecule has 0 amide bonds. The molecule has 10 heteroatoms. The van der Waals surface area contributed by atoms with Gasteiger partial charge < -0.3 is 5.32 Å². The Hall–Kier alpha value is -3.03. The minimum Gasteiger partial charge on any atom is -0.367 e. The lowest BCUT2D eigenvalue weighted by molar-refractivity contribution is -0.126. The van der Waals surface area contributed by atoms with Gasteiger partial charge in [-0.25, -0.2) is 9.97 Å². The van der Waals surface area contributed by atoms with E-state index in [0.29, 0.717) is 22.5 Å². The SMILES string of the molecule is Cc1c(CN2CCC(Nc3ncnc4sc(CC(F)(F)F)cc34)CC2)ncc2c1C=C(C#N)C2. The van der Waals surface area contributed by atoms with Crippen molar-refractivity contribution in [1.82, 2.24) is 19.9 Å². The van der Waals surface area contributed by atoms with Crippen molar-refractivity contribution < 1.29 is 13.2 Å². The molecular weight excluding hydrogens is 461 g/mol. The van der Waals surface area contributed by atoms with Crippen LogP contribution in [0.4, 0.5) is 19.0 Å². The van der Waals surface area contributed by atoms with Crippen LogP contribution in [0.15, 0.2) is 24.2 Å². The fourth-order valence-electron chi connectivity index (χ4n) is 4.67. The summed E-state index contributed by atoms with van der Waals surface area (Å²) in [5.74, 6) is 0.601. The molecule has 1 N–H and O–H groups in total. The molecule has 5 rings (SSSR count). The molecule has 0 unspecified atom stereocenters. The van der Waals surface area contributed by atoms with Crippen LogP contribution < -0.4 is 5.32 Å². The first kappa shape index (κ1) is 22.7. The summed E-state index contributed by atoms with van der Waals surface area (Å²) in [6.45, 7) is 4.59. The molecule has 0 aromatic carbocycles. The lowest BCUT2D eigenvalue weighted by atomic mass is 10.0. The van der Waals surface area contributed by atoms with Gasteiger partial charge in [0.15, 0.2) is 0 Å². The third-order valence-corrected chi connectivity index (χ3v) is 7.50. The predicted octanol–water partition coefficient (Wildman–Crippen LogP) is 5.04. The van der Waals surface area contributed by atoms with Gasteiger partial charge >= 0.3 is 6.18 Å². The van der Waals surface area contributed by atoms with Gasteiger partial charge in [-0.2, -0.15) is 18.4 Å². The van der Waals surface area contributed by atoms with E-state index in [9.17, 15) is 18.4 Å². The number of pyridine rings is 1. The van der Waals surface area contributed by atoms with Crippen LogP contribution in [0.5, 0.6) is 0 Å². The van der Waals surface area contributed by atoms with Gasteiger partial charge in [0.25, 0.3) is 0 Å². The Morgan fingerprint density at radius 2 is 2.03 bits per heavy atom. The number of rotatable bonds is 5. The number of piperidine rings is 1. The second kappa shape index (κ2) is 8.96. The largest absolute Gasteiger partial charge is 0.393 e. The zero-order valence-electron chi connectivity index (χ0n) is 18.6.